The van der Waals surface area contributed by atoms with Gasteiger partial charge in [-0.05, 0) is 38.1 Å². The molecule has 2 aromatic carbocycles. The third-order valence-electron chi connectivity index (χ3n) is 3.26. The second-order valence-corrected chi connectivity index (χ2v) is 4.87. The van der Waals surface area contributed by atoms with Crippen LogP contribution in [0.15, 0.2) is 42.5 Å². The molecule has 106 valence electrons. The van der Waals surface area contributed by atoms with Crippen molar-refractivity contribution < 1.29 is 15.3 Å². The molecule has 0 bridgehead atoms. The summed E-state index contributed by atoms with van der Waals surface area (Å²) in [5, 5.41) is 32.4. The molecular formula is C16H19NO3. The highest BCUT2D eigenvalue weighted by atomic mass is 16.3. The van der Waals surface area contributed by atoms with Crippen LogP contribution in [0.3, 0.4) is 0 Å². The van der Waals surface area contributed by atoms with Crippen molar-refractivity contribution in [2.24, 2.45) is 0 Å². The van der Waals surface area contributed by atoms with Gasteiger partial charge in [0.1, 0.15) is 11.5 Å². The van der Waals surface area contributed by atoms with Crippen molar-refractivity contribution in [1.29, 1.82) is 0 Å². The minimum atomic E-state index is -0.580. The van der Waals surface area contributed by atoms with Crippen molar-refractivity contribution in [3.8, 4) is 11.5 Å². The Kier molecular flexibility index (Phi) is 4.15. The van der Waals surface area contributed by atoms with Crippen molar-refractivity contribution in [3.05, 3.63) is 53.6 Å². The van der Waals surface area contributed by atoms with Gasteiger partial charge in [0.25, 0.3) is 0 Å². The van der Waals surface area contributed by atoms with E-state index in [0.717, 1.165) is 11.3 Å². The van der Waals surface area contributed by atoms with E-state index in [4.69, 9.17) is 0 Å². The normalized spacial score (nSPS) is 13.8. The molecule has 0 aliphatic heterocycles. The summed E-state index contributed by atoms with van der Waals surface area (Å²) in [7, 11) is 0. The minimum Gasteiger partial charge on any atom is -0.508 e. The third-order valence-corrected chi connectivity index (χ3v) is 3.26. The molecule has 4 nitrogen and oxygen atoms in total. The van der Waals surface area contributed by atoms with Crippen molar-refractivity contribution in [1.82, 2.24) is 0 Å². The molecule has 0 aliphatic carbocycles. The minimum absolute atomic E-state index is 0.107. The lowest BCUT2D eigenvalue weighted by atomic mass is 10.0. The lowest BCUT2D eigenvalue weighted by molar-refractivity contribution is 0.200. The third kappa shape index (κ3) is 3.03. The molecule has 0 amide bonds. The highest BCUT2D eigenvalue weighted by Crippen LogP contribution is 2.32. The van der Waals surface area contributed by atoms with Crippen LogP contribution in [0.1, 0.15) is 37.1 Å². The summed E-state index contributed by atoms with van der Waals surface area (Å²) in [5.41, 5.74) is 2.20. The van der Waals surface area contributed by atoms with E-state index in [2.05, 4.69) is 5.32 Å². The Morgan fingerprint density at radius 1 is 0.950 bits per heavy atom. The fourth-order valence-electron chi connectivity index (χ4n) is 2.19. The van der Waals surface area contributed by atoms with Gasteiger partial charge in [-0.1, -0.05) is 18.2 Å². The van der Waals surface area contributed by atoms with Crippen LogP contribution >= 0.6 is 0 Å². The molecule has 2 rings (SSSR count). The number of anilines is 1. The highest BCUT2D eigenvalue weighted by Gasteiger charge is 2.14. The predicted molar refractivity (Wildman–Crippen MR) is 78.9 cm³/mol. The fraction of sp³-hybridized carbons (Fsp3) is 0.250. The number of benzene rings is 2. The van der Waals surface area contributed by atoms with Gasteiger partial charge in [-0.2, -0.15) is 0 Å². The van der Waals surface area contributed by atoms with Crippen LogP contribution in [-0.2, 0) is 0 Å². The summed E-state index contributed by atoms with van der Waals surface area (Å²) in [6.45, 7) is 3.59. The van der Waals surface area contributed by atoms with Crippen molar-refractivity contribution in [2.75, 3.05) is 5.32 Å². The van der Waals surface area contributed by atoms with Crippen LogP contribution in [-0.4, -0.2) is 15.3 Å². The van der Waals surface area contributed by atoms with E-state index in [0.29, 0.717) is 5.56 Å². The number of phenolic OH excluding ortho intramolecular Hbond substituents is 2. The van der Waals surface area contributed by atoms with Crippen molar-refractivity contribution >= 4 is 5.69 Å². The first-order valence-electron chi connectivity index (χ1n) is 6.54. The quantitative estimate of drug-likeness (QED) is 0.645. The fourth-order valence-corrected chi connectivity index (χ4v) is 2.19. The Balaban J connectivity index is 2.28. The van der Waals surface area contributed by atoms with Gasteiger partial charge in [0.05, 0.1) is 12.1 Å². The van der Waals surface area contributed by atoms with E-state index in [1.807, 2.05) is 31.2 Å². The van der Waals surface area contributed by atoms with E-state index in [-0.39, 0.29) is 17.5 Å². The molecule has 20 heavy (non-hydrogen) atoms. The first kappa shape index (κ1) is 14.2. The summed E-state index contributed by atoms with van der Waals surface area (Å²) in [6.07, 6.45) is -0.580. The lowest BCUT2D eigenvalue weighted by Gasteiger charge is -2.20. The molecule has 2 atom stereocenters. The summed E-state index contributed by atoms with van der Waals surface area (Å²) in [6, 6.07) is 11.7. The maximum atomic E-state index is 9.86. The van der Waals surface area contributed by atoms with Crippen LogP contribution in [0.2, 0.25) is 0 Å². The van der Waals surface area contributed by atoms with E-state index in [1.54, 1.807) is 6.92 Å². The summed E-state index contributed by atoms with van der Waals surface area (Å²) < 4.78 is 0. The maximum Gasteiger partial charge on any atom is 0.121 e. The number of hydrogen-bond acceptors (Lipinski definition) is 4. The monoisotopic (exact) mass is 273 g/mol. The Hall–Kier alpha value is -2.20. The average molecular weight is 273 g/mol. The molecule has 2 unspecified atom stereocenters. The number of nitrogens with one attached hydrogen (secondary N) is 1. The standard InChI is InChI=1S/C16H19NO3/c1-10(14-9-12(19)7-8-16(14)20)17-15-6-4-3-5-13(15)11(2)18/h3-11,17-20H,1-2H3. The smallest absolute Gasteiger partial charge is 0.121 e. The predicted octanol–water partition coefficient (Wildman–Crippen LogP) is 3.32. The summed E-state index contributed by atoms with van der Waals surface area (Å²) >= 11 is 0. The van der Waals surface area contributed by atoms with Crippen LogP contribution in [0.25, 0.3) is 0 Å². The van der Waals surface area contributed by atoms with E-state index in [9.17, 15) is 15.3 Å². The zero-order chi connectivity index (χ0) is 14.7. The number of aliphatic hydroxyl groups excluding tert-OH is 1. The molecule has 0 aliphatic rings. The number of aliphatic hydroxyl groups is 1. The second-order valence-electron chi connectivity index (χ2n) is 4.87. The van der Waals surface area contributed by atoms with Gasteiger partial charge in [-0.15, -0.1) is 0 Å². The molecular weight excluding hydrogens is 254 g/mol. The summed E-state index contributed by atoms with van der Waals surface area (Å²) in [4.78, 5) is 0. The zero-order valence-electron chi connectivity index (χ0n) is 11.5. The first-order chi connectivity index (χ1) is 9.49. The largest absolute Gasteiger partial charge is 0.508 e. The molecule has 0 aromatic heterocycles. The highest BCUT2D eigenvalue weighted by molar-refractivity contribution is 5.54. The van der Waals surface area contributed by atoms with Gasteiger partial charge < -0.3 is 20.6 Å². The summed E-state index contributed by atoms with van der Waals surface area (Å²) in [5.74, 6) is 0.229. The van der Waals surface area contributed by atoms with E-state index >= 15 is 0 Å². The van der Waals surface area contributed by atoms with Crippen LogP contribution < -0.4 is 5.32 Å². The molecule has 4 N–H and O–H groups in total. The van der Waals surface area contributed by atoms with Gasteiger partial charge >= 0.3 is 0 Å². The van der Waals surface area contributed by atoms with Gasteiger partial charge in [-0.3, -0.25) is 0 Å². The zero-order valence-corrected chi connectivity index (χ0v) is 11.5. The van der Waals surface area contributed by atoms with Gasteiger partial charge in [-0.25, -0.2) is 0 Å². The topological polar surface area (TPSA) is 72.7 Å². The number of aromatic hydroxyl groups is 2. The molecule has 0 fully saturated rings. The molecule has 0 spiro atoms. The van der Waals surface area contributed by atoms with Gasteiger partial charge in [0, 0.05) is 16.8 Å². The maximum absolute atomic E-state index is 9.86. The Morgan fingerprint density at radius 3 is 2.35 bits per heavy atom. The van der Waals surface area contributed by atoms with Crippen molar-refractivity contribution in [3.63, 3.8) is 0 Å². The molecule has 0 radical (unpaired) electrons. The molecule has 0 heterocycles. The number of hydrogen-bond donors (Lipinski definition) is 4. The second kappa shape index (κ2) is 5.84. The molecule has 0 saturated heterocycles. The average Bonchev–Trinajstić information content (AvgIpc) is 2.41. The molecule has 2 aromatic rings. The molecule has 4 heteroatoms. The Bertz CT molecular complexity index is 596. The van der Waals surface area contributed by atoms with E-state index in [1.165, 1.54) is 18.2 Å². The number of rotatable bonds is 4. The lowest BCUT2D eigenvalue weighted by Crippen LogP contribution is -2.09. The SMILES string of the molecule is CC(O)c1ccccc1NC(C)c1cc(O)ccc1O. The number of para-hydroxylation sites is 1. The Morgan fingerprint density at radius 2 is 1.65 bits per heavy atom. The first-order valence-corrected chi connectivity index (χ1v) is 6.54. The van der Waals surface area contributed by atoms with Crippen LogP contribution in [0, 0.1) is 0 Å². The number of phenols is 2. The van der Waals surface area contributed by atoms with Crippen LogP contribution in [0.4, 0.5) is 5.69 Å². The Labute approximate surface area is 118 Å². The van der Waals surface area contributed by atoms with E-state index < -0.39 is 6.10 Å². The van der Waals surface area contributed by atoms with Crippen molar-refractivity contribution in [2.45, 2.75) is 26.0 Å². The van der Waals surface area contributed by atoms with Crippen LogP contribution in [0.5, 0.6) is 11.5 Å². The van der Waals surface area contributed by atoms with Gasteiger partial charge in [0.15, 0.2) is 0 Å². The molecule has 0 saturated carbocycles. The van der Waals surface area contributed by atoms with Gasteiger partial charge in [0.2, 0.25) is 0 Å².